The van der Waals surface area contributed by atoms with E-state index in [1.807, 2.05) is 31.2 Å². The van der Waals surface area contributed by atoms with E-state index in [1.165, 1.54) is 7.11 Å². The van der Waals surface area contributed by atoms with E-state index >= 15 is 0 Å². The Bertz CT molecular complexity index is 867. The fourth-order valence-corrected chi connectivity index (χ4v) is 3.61. The lowest BCUT2D eigenvalue weighted by Crippen LogP contribution is -2.37. The van der Waals surface area contributed by atoms with Crippen LogP contribution in [0.25, 0.3) is 0 Å². The molecule has 130 valence electrons. The second-order valence-corrected chi connectivity index (χ2v) is 6.37. The molecule has 6 heteroatoms. The highest BCUT2D eigenvalue weighted by Gasteiger charge is 2.60. The molecule has 1 aromatic carbocycles. The van der Waals surface area contributed by atoms with Crippen LogP contribution in [-0.4, -0.2) is 24.1 Å². The van der Waals surface area contributed by atoms with Gasteiger partial charge in [-0.15, -0.1) is 0 Å². The summed E-state index contributed by atoms with van der Waals surface area (Å²) in [7, 11) is 1.30. The third kappa shape index (κ3) is 2.71. The van der Waals surface area contributed by atoms with Crippen molar-refractivity contribution in [1.82, 2.24) is 10.3 Å². The monoisotopic (exact) mass is 346 g/mol. The Balaban J connectivity index is 2.19. The van der Waals surface area contributed by atoms with E-state index in [4.69, 9.17) is 4.74 Å². The summed E-state index contributed by atoms with van der Waals surface area (Å²) in [6, 6.07) is 13.9. The molecular formula is C20H18N4O2. The van der Waals surface area contributed by atoms with E-state index < -0.39 is 29.4 Å². The van der Waals surface area contributed by atoms with Gasteiger partial charge in [-0.1, -0.05) is 35.9 Å². The topological polar surface area (TPSA) is 98.8 Å². The third-order valence-electron chi connectivity index (χ3n) is 4.90. The highest BCUT2D eigenvalue weighted by Crippen LogP contribution is 2.52. The minimum Gasteiger partial charge on any atom is -0.468 e. The summed E-state index contributed by atoms with van der Waals surface area (Å²) in [5.74, 6) is -1.17. The largest absolute Gasteiger partial charge is 0.468 e. The minimum atomic E-state index is -1.48. The molecule has 1 aliphatic heterocycles. The van der Waals surface area contributed by atoms with Crippen LogP contribution in [-0.2, 0) is 9.53 Å². The van der Waals surface area contributed by atoms with Crippen LogP contribution in [0.5, 0.6) is 0 Å². The fourth-order valence-electron chi connectivity index (χ4n) is 3.61. The Labute approximate surface area is 152 Å². The molecule has 0 spiro atoms. The minimum absolute atomic E-state index is 0.503. The molecule has 1 N–H and O–H groups in total. The van der Waals surface area contributed by atoms with Gasteiger partial charge in [0.25, 0.3) is 0 Å². The van der Waals surface area contributed by atoms with Crippen LogP contribution in [0, 0.1) is 35.0 Å². The highest BCUT2D eigenvalue weighted by molar-refractivity contribution is 5.79. The molecule has 0 bridgehead atoms. The molecule has 2 aromatic rings. The van der Waals surface area contributed by atoms with Crippen LogP contribution in [0.2, 0.25) is 0 Å². The number of hydrogen-bond donors (Lipinski definition) is 1. The maximum absolute atomic E-state index is 12.4. The molecule has 0 saturated carbocycles. The van der Waals surface area contributed by atoms with Crippen LogP contribution in [0.4, 0.5) is 0 Å². The number of esters is 1. The van der Waals surface area contributed by atoms with Gasteiger partial charge < -0.3 is 4.74 Å². The molecule has 1 fully saturated rings. The molecule has 0 aliphatic carbocycles. The number of aryl methyl sites for hydroxylation is 1. The molecule has 3 rings (SSSR count). The van der Waals surface area contributed by atoms with Gasteiger partial charge in [0.1, 0.15) is 6.04 Å². The van der Waals surface area contributed by atoms with Crippen LogP contribution >= 0.6 is 0 Å². The second kappa shape index (κ2) is 6.95. The van der Waals surface area contributed by atoms with Gasteiger partial charge in [0.15, 0.2) is 5.41 Å². The third-order valence-corrected chi connectivity index (χ3v) is 4.90. The first kappa shape index (κ1) is 17.6. The zero-order valence-electron chi connectivity index (χ0n) is 14.5. The van der Waals surface area contributed by atoms with Crippen molar-refractivity contribution in [2.75, 3.05) is 7.11 Å². The second-order valence-electron chi connectivity index (χ2n) is 6.37. The van der Waals surface area contributed by atoms with Crippen molar-refractivity contribution in [2.45, 2.75) is 24.9 Å². The van der Waals surface area contributed by atoms with Crippen LogP contribution in [0.3, 0.4) is 0 Å². The molecule has 1 saturated heterocycles. The average molecular weight is 346 g/mol. The number of carbonyl (C=O) groups excluding carboxylic acids is 1. The van der Waals surface area contributed by atoms with E-state index in [2.05, 4.69) is 22.4 Å². The average Bonchev–Trinajstić information content (AvgIpc) is 3.04. The van der Waals surface area contributed by atoms with Crippen molar-refractivity contribution in [2.24, 2.45) is 5.41 Å². The Morgan fingerprint density at radius 3 is 2.42 bits per heavy atom. The number of nitrogens with one attached hydrogen (secondary N) is 1. The van der Waals surface area contributed by atoms with Crippen molar-refractivity contribution in [3.05, 3.63) is 65.5 Å². The summed E-state index contributed by atoms with van der Waals surface area (Å²) in [5.41, 5.74) is 1.00. The van der Waals surface area contributed by atoms with Gasteiger partial charge in [-0.3, -0.25) is 15.1 Å². The molecule has 0 radical (unpaired) electrons. The van der Waals surface area contributed by atoms with Gasteiger partial charge in [-0.05, 0) is 24.1 Å². The van der Waals surface area contributed by atoms with Gasteiger partial charge in [-0.2, -0.15) is 10.5 Å². The molecule has 1 aromatic heterocycles. The van der Waals surface area contributed by atoms with Gasteiger partial charge in [0.2, 0.25) is 0 Å². The zero-order chi connectivity index (χ0) is 18.7. The van der Waals surface area contributed by atoms with Crippen LogP contribution in [0.1, 0.15) is 28.7 Å². The van der Waals surface area contributed by atoms with E-state index in [0.29, 0.717) is 5.56 Å². The molecule has 26 heavy (non-hydrogen) atoms. The predicted molar refractivity (Wildman–Crippen MR) is 93.5 cm³/mol. The van der Waals surface area contributed by atoms with E-state index in [-0.39, 0.29) is 0 Å². The standard InChI is InChI=1S/C20H18N4O2/c1-13-5-7-14(8-6-13)16-17(19(25)26-2)24-18(20(16,11-21)12-22)15-4-3-9-23-10-15/h3-10,16-18,24H,1-2H3/t16-,17+,18-/m0/s1. The van der Waals surface area contributed by atoms with Crippen molar-refractivity contribution < 1.29 is 9.53 Å². The summed E-state index contributed by atoms with van der Waals surface area (Å²) in [4.78, 5) is 16.5. The van der Waals surface area contributed by atoms with Crippen molar-refractivity contribution in [1.29, 1.82) is 10.5 Å². The van der Waals surface area contributed by atoms with E-state index in [1.54, 1.807) is 24.5 Å². The first-order valence-electron chi connectivity index (χ1n) is 8.20. The molecule has 3 atom stereocenters. The van der Waals surface area contributed by atoms with Crippen molar-refractivity contribution in [3.8, 4) is 12.1 Å². The Hall–Kier alpha value is -3.22. The maximum atomic E-state index is 12.4. The molecular weight excluding hydrogens is 328 g/mol. The number of nitrogens with zero attached hydrogens (tertiary/aromatic N) is 3. The summed E-state index contributed by atoms with van der Waals surface area (Å²) < 4.78 is 4.94. The lowest BCUT2D eigenvalue weighted by atomic mass is 9.69. The number of carbonyl (C=O) groups is 1. The summed E-state index contributed by atoms with van der Waals surface area (Å²) in [5, 5.41) is 23.2. The number of methoxy groups -OCH3 is 1. The van der Waals surface area contributed by atoms with Crippen LogP contribution < -0.4 is 5.32 Å². The number of aromatic nitrogens is 1. The lowest BCUT2D eigenvalue weighted by molar-refractivity contribution is -0.143. The number of pyridine rings is 1. The zero-order valence-corrected chi connectivity index (χ0v) is 14.5. The molecule has 0 unspecified atom stereocenters. The quantitative estimate of drug-likeness (QED) is 0.857. The summed E-state index contributed by atoms with van der Waals surface area (Å²) >= 11 is 0. The number of rotatable bonds is 3. The summed E-state index contributed by atoms with van der Waals surface area (Å²) in [6.07, 6.45) is 3.22. The smallest absolute Gasteiger partial charge is 0.323 e. The fraction of sp³-hybridized carbons (Fsp3) is 0.300. The first-order chi connectivity index (χ1) is 12.6. The Kier molecular flexibility index (Phi) is 4.71. The maximum Gasteiger partial charge on any atom is 0.323 e. The Morgan fingerprint density at radius 2 is 1.88 bits per heavy atom. The normalized spacial score (nSPS) is 23.6. The first-order valence-corrected chi connectivity index (χ1v) is 8.20. The van der Waals surface area contributed by atoms with Gasteiger partial charge >= 0.3 is 5.97 Å². The molecule has 1 aliphatic rings. The van der Waals surface area contributed by atoms with Gasteiger partial charge in [0.05, 0.1) is 25.3 Å². The van der Waals surface area contributed by atoms with Crippen LogP contribution in [0.15, 0.2) is 48.8 Å². The number of ether oxygens (including phenoxy) is 1. The number of benzene rings is 1. The lowest BCUT2D eigenvalue weighted by Gasteiger charge is -2.27. The highest BCUT2D eigenvalue weighted by atomic mass is 16.5. The van der Waals surface area contributed by atoms with Gasteiger partial charge in [-0.25, -0.2) is 0 Å². The SMILES string of the molecule is COC(=O)[C@@H]1N[C@@H](c2cccnc2)C(C#N)(C#N)[C@H]1c1ccc(C)cc1. The van der Waals surface area contributed by atoms with Crippen molar-refractivity contribution >= 4 is 5.97 Å². The van der Waals surface area contributed by atoms with E-state index in [0.717, 1.165) is 11.1 Å². The van der Waals surface area contributed by atoms with E-state index in [9.17, 15) is 15.3 Å². The predicted octanol–water partition coefficient (Wildman–Crippen LogP) is 2.39. The van der Waals surface area contributed by atoms with Gasteiger partial charge in [0, 0.05) is 18.3 Å². The number of nitriles is 2. The molecule has 2 heterocycles. The molecule has 6 nitrogen and oxygen atoms in total. The number of hydrogen-bond acceptors (Lipinski definition) is 6. The Morgan fingerprint density at radius 1 is 1.19 bits per heavy atom. The van der Waals surface area contributed by atoms with Crippen molar-refractivity contribution in [3.63, 3.8) is 0 Å². The molecule has 0 amide bonds. The summed E-state index contributed by atoms with van der Waals surface area (Å²) in [6.45, 7) is 1.95.